The van der Waals surface area contributed by atoms with Gasteiger partial charge in [-0.05, 0) is 67.1 Å². The number of nitrogens with zero attached hydrogens (tertiary/aromatic N) is 1. The van der Waals surface area contributed by atoms with Crippen molar-refractivity contribution < 1.29 is 17.9 Å². The van der Waals surface area contributed by atoms with Crippen LogP contribution in [-0.2, 0) is 10.0 Å². The Kier molecular flexibility index (Phi) is 7.08. The van der Waals surface area contributed by atoms with E-state index >= 15 is 0 Å². The summed E-state index contributed by atoms with van der Waals surface area (Å²) in [4.78, 5) is 15.0. The van der Waals surface area contributed by atoms with Crippen molar-refractivity contribution >= 4 is 50.5 Å². The first-order chi connectivity index (χ1) is 18.3. The van der Waals surface area contributed by atoms with Crippen molar-refractivity contribution in [1.29, 1.82) is 0 Å². The van der Waals surface area contributed by atoms with Gasteiger partial charge in [0.1, 0.15) is 5.75 Å². The number of benzene rings is 4. The number of carbonyl (C=O) groups excluding carboxylic acids is 1. The van der Waals surface area contributed by atoms with Crippen molar-refractivity contribution in [2.24, 2.45) is 5.10 Å². The number of hydrogen-bond acceptors (Lipinski definition) is 7. The smallest absolute Gasteiger partial charge is 0.271 e. The molecule has 0 atom stereocenters. The molecule has 4 aromatic rings. The summed E-state index contributed by atoms with van der Waals surface area (Å²) in [5.41, 5.74) is 6.44. The van der Waals surface area contributed by atoms with Crippen LogP contribution in [0.25, 0.3) is 0 Å². The summed E-state index contributed by atoms with van der Waals surface area (Å²) in [5.74, 6) is -0.144. The van der Waals surface area contributed by atoms with Crippen molar-refractivity contribution in [3.05, 3.63) is 102 Å². The van der Waals surface area contributed by atoms with Crippen LogP contribution in [0.1, 0.15) is 22.8 Å². The molecule has 3 N–H and O–H groups in total. The SMILES string of the molecule is COc1ccccc1NS(=O)(=O)c1cccc(C(=O)N/N=C(/C)c2ccc3c(c2)Nc2ccccc2S3)c1. The van der Waals surface area contributed by atoms with E-state index in [1.165, 1.54) is 31.4 Å². The van der Waals surface area contributed by atoms with Gasteiger partial charge in [-0.15, -0.1) is 0 Å². The molecule has 5 rings (SSSR count). The number of hydrazone groups is 1. The quantitative estimate of drug-likeness (QED) is 0.175. The van der Waals surface area contributed by atoms with E-state index in [-0.39, 0.29) is 10.5 Å². The summed E-state index contributed by atoms with van der Waals surface area (Å²) in [6.45, 7) is 1.80. The van der Waals surface area contributed by atoms with Crippen molar-refractivity contribution in [2.45, 2.75) is 21.6 Å². The maximum absolute atomic E-state index is 13.0. The third-order valence-corrected chi connectivity index (χ3v) is 8.37. The van der Waals surface area contributed by atoms with Gasteiger partial charge in [0.15, 0.2) is 0 Å². The molecule has 10 heteroatoms. The topological polar surface area (TPSA) is 109 Å². The predicted molar refractivity (Wildman–Crippen MR) is 150 cm³/mol. The Hall–Kier alpha value is -4.28. The Morgan fingerprint density at radius 2 is 1.63 bits per heavy atom. The first-order valence-electron chi connectivity index (χ1n) is 11.6. The van der Waals surface area contributed by atoms with Crippen LogP contribution < -0.4 is 20.2 Å². The number of hydrogen-bond donors (Lipinski definition) is 3. The number of para-hydroxylation sites is 3. The number of nitrogens with one attached hydrogen (secondary N) is 3. The fourth-order valence-corrected chi connectivity index (χ4v) is 5.95. The molecule has 4 aromatic carbocycles. The number of methoxy groups -OCH3 is 1. The number of sulfonamides is 1. The molecule has 1 heterocycles. The zero-order valence-corrected chi connectivity index (χ0v) is 22.2. The molecular formula is C28H24N4O4S2. The van der Waals surface area contributed by atoms with Crippen LogP contribution >= 0.6 is 11.8 Å². The van der Waals surface area contributed by atoms with E-state index in [0.717, 1.165) is 26.7 Å². The molecule has 0 unspecified atom stereocenters. The van der Waals surface area contributed by atoms with Crippen LogP contribution in [0.3, 0.4) is 0 Å². The Balaban J connectivity index is 1.30. The Labute approximate surface area is 225 Å². The number of ether oxygens (including phenoxy) is 1. The molecule has 0 bridgehead atoms. The molecule has 38 heavy (non-hydrogen) atoms. The van der Waals surface area contributed by atoms with E-state index in [1.54, 1.807) is 43.0 Å². The number of anilines is 3. The lowest BCUT2D eigenvalue weighted by Gasteiger charge is -2.21. The molecular weight excluding hydrogens is 520 g/mol. The largest absolute Gasteiger partial charge is 0.495 e. The Morgan fingerprint density at radius 3 is 2.47 bits per heavy atom. The maximum Gasteiger partial charge on any atom is 0.271 e. The van der Waals surface area contributed by atoms with Crippen LogP contribution in [0.2, 0.25) is 0 Å². The van der Waals surface area contributed by atoms with Gasteiger partial charge in [0.2, 0.25) is 0 Å². The summed E-state index contributed by atoms with van der Waals surface area (Å²) in [7, 11) is -2.50. The molecule has 8 nitrogen and oxygen atoms in total. The lowest BCUT2D eigenvalue weighted by molar-refractivity contribution is 0.0954. The second kappa shape index (κ2) is 10.6. The molecule has 0 radical (unpaired) electrons. The van der Waals surface area contributed by atoms with E-state index in [2.05, 4.69) is 26.6 Å². The molecule has 0 aromatic heterocycles. The summed E-state index contributed by atoms with van der Waals surface area (Å²) in [6.07, 6.45) is 0. The third-order valence-electron chi connectivity index (χ3n) is 5.86. The first kappa shape index (κ1) is 25.4. The maximum atomic E-state index is 13.0. The van der Waals surface area contributed by atoms with Gasteiger partial charge in [-0.25, -0.2) is 13.8 Å². The van der Waals surface area contributed by atoms with Crippen molar-refractivity contribution in [3.8, 4) is 5.75 Å². The zero-order valence-electron chi connectivity index (χ0n) is 20.6. The van der Waals surface area contributed by atoms with Crippen molar-refractivity contribution in [1.82, 2.24) is 5.43 Å². The second-order valence-corrected chi connectivity index (χ2v) is 11.2. The lowest BCUT2D eigenvalue weighted by Crippen LogP contribution is -2.20. The minimum atomic E-state index is -3.96. The van der Waals surface area contributed by atoms with Crippen LogP contribution in [0.15, 0.2) is 111 Å². The van der Waals surface area contributed by atoms with Gasteiger partial charge in [0.05, 0.1) is 34.8 Å². The van der Waals surface area contributed by atoms with Crippen LogP contribution in [0.5, 0.6) is 5.75 Å². The van der Waals surface area contributed by atoms with Gasteiger partial charge in [-0.2, -0.15) is 5.10 Å². The van der Waals surface area contributed by atoms with E-state index < -0.39 is 15.9 Å². The zero-order chi connectivity index (χ0) is 26.7. The van der Waals surface area contributed by atoms with Gasteiger partial charge in [0, 0.05) is 15.4 Å². The fraction of sp³-hybridized carbons (Fsp3) is 0.0714. The minimum absolute atomic E-state index is 0.0599. The number of carbonyl (C=O) groups is 1. The molecule has 1 amide bonds. The van der Waals surface area contributed by atoms with Gasteiger partial charge in [0.25, 0.3) is 15.9 Å². The number of rotatable bonds is 7. The molecule has 192 valence electrons. The molecule has 0 saturated heterocycles. The first-order valence-corrected chi connectivity index (χ1v) is 13.9. The highest BCUT2D eigenvalue weighted by atomic mass is 32.2. The Bertz CT molecular complexity index is 1670. The van der Waals surface area contributed by atoms with Crippen LogP contribution in [-0.4, -0.2) is 27.1 Å². The van der Waals surface area contributed by atoms with Gasteiger partial charge >= 0.3 is 0 Å². The fourth-order valence-electron chi connectivity index (χ4n) is 3.87. The normalized spacial score (nSPS) is 12.5. The van der Waals surface area contributed by atoms with Gasteiger partial charge < -0.3 is 10.1 Å². The summed E-state index contributed by atoms with van der Waals surface area (Å²) in [5, 5.41) is 7.68. The molecule has 0 saturated carbocycles. The van der Waals surface area contributed by atoms with Gasteiger partial charge in [-0.1, -0.05) is 48.2 Å². The van der Waals surface area contributed by atoms with E-state index in [1.807, 2.05) is 36.4 Å². The van der Waals surface area contributed by atoms with E-state index in [0.29, 0.717) is 17.1 Å². The average molecular weight is 545 g/mol. The summed E-state index contributed by atoms with van der Waals surface area (Å²) < 4.78 is 33.6. The molecule has 1 aliphatic heterocycles. The van der Waals surface area contributed by atoms with E-state index in [4.69, 9.17) is 4.74 Å². The van der Waals surface area contributed by atoms with Gasteiger partial charge in [-0.3, -0.25) is 9.52 Å². The van der Waals surface area contributed by atoms with Crippen molar-refractivity contribution in [2.75, 3.05) is 17.1 Å². The highest BCUT2D eigenvalue weighted by molar-refractivity contribution is 7.99. The monoisotopic (exact) mass is 544 g/mol. The molecule has 0 fully saturated rings. The standard InChI is InChI=1S/C28H24N4O4S2/c1-18(19-14-15-27-24(17-19)29-23-11-4-6-13-26(23)37-27)30-31-28(33)20-8-7-9-21(16-20)38(34,35)32-22-10-3-5-12-25(22)36-2/h3-17,29,32H,1-2H3,(H,31,33)/b30-18-. The summed E-state index contributed by atoms with van der Waals surface area (Å²) >= 11 is 1.69. The third kappa shape index (κ3) is 5.36. The predicted octanol–water partition coefficient (Wildman–Crippen LogP) is 5.86. The molecule has 0 spiro atoms. The number of fused-ring (bicyclic) bond motifs is 2. The van der Waals surface area contributed by atoms with Crippen molar-refractivity contribution in [3.63, 3.8) is 0 Å². The Morgan fingerprint density at radius 1 is 0.868 bits per heavy atom. The highest BCUT2D eigenvalue weighted by Crippen LogP contribution is 2.44. The van der Waals surface area contributed by atoms with Crippen LogP contribution in [0, 0.1) is 0 Å². The molecule has 1 aliphatic rings. The lowest BCUT2D eigenvalue weighted by atomic mass is 10.1. The van der Waals surface area contributed by atoms with E-state index in [9.17, 15) is 13.2 Å². The highest BCUT2D eigenvalue weighted by Gasteiger charge is 2.19. The molecule has 0 aliphatic carbocycles. The number of amides is 1. The summed E-state index contributed by atoms with van der Waals surface area (Å²) in [6, 6.07) is 26.5. The van der Waals surface area contributed by atoms with Crippen LogP contribution in [0.4, 0.5) is 17.1 Å². The minimum Gasteiger partial charge on any atom is -0.495 e. The second-order valence-electron chi connectivity index (χ2n) is 8.41. The average Bonchev–Trinajstić information content (AvgIpc) is 2.94.